The van der Waals surface area contributed by atoms with E-state index in [-0.39, 0.29) is 10.8 Å². The highest BCUT2D eigenvalue weighted by atomic mass is 35.5. The van der Waals surface area contributed by atoms with E-state index in [2.05, 4.69) is 15.0 Å². The Kier molecular flexibility index (Phi) is 3.98. The highest BCUT2D eigenvalue weighted by Gasteiger charge is 2.21. The summed E-state index contributed by atoms with van der Waals surface area (Å²) in [4.78, 5) is 6.32. The standard InChI is InChI=1S/C14H16ClFN4/c15-13-2-1-11(7-14(13)16)8-19-5-3-12(4-6-19)20-10-17-9-18-20/h1-2,7,9-10,12H,3-6,8H2. The quantitative estimate of drug-likeness (QED) is 0.873. The first-order valence-corrected chi connectivity index (χ1v) is 7.10. The van der Waals surface area contributed by atoms with Crippen molar-refractivity contribution in [1.29, 1.82) is 0 Å². The summed E-state index contributed by atoms with van der Waals surface area (Å²) in [5.74, 6) is -0.346. The molecule has 0 unspecified atom stereocenters. The molecule has 2 heterocycles. The van der Waals surface area contributed by atoms with Crippen molar-refractivity contribution in [2.24, 2.45) is 0 Å². The van der Waals surface area contributed by atoms with Crippen molar-refractivity contribution < 1.29 is 4.39 Å². The zero-order valence-electron chi connectivity index (χ0n) is 11.0. The number of aromatic nitrogens is 3. The highest BCUT2D eigenvalue weighted by Crippen LogP contribution is 2.23. The van der Waals surface area contributed by atoms with Gasteiger partial charge in [-0.05, 0) is 30.5 Å². The summed E-state index contributed by atoms with van der Waals surface area (Å²) in [7, 11) is 0. The van der Waals surface area contributed by atoms with Crippen LogP contribution in [0.5, 0.6) is 0 Å². The normalized spacial score (nSPS) is 17.5. The molecular formula is C14H16ClFN4. The van der Waals surface area contributed by atoms with Gasteiger partial charge in [-0.2, -0.15) is 5.10 Å². The zero-order chi connectivity index (χ0) is 13.9. The molecule has 0 aliphatic carbocycles. The molecule has 0 amide bonds. The topological polar surface area (TPSA) is 34.0 Å². The van der Waals surface area contributed by atoms with Crippen molar-refractivity contribution in [1.82, 2.24) is 19.7 Å². The fourth-order valence-electron chi connectivity index (χ4n) is 2.64. The van der Waals surface area contributed by atoms with Crippen LogP contribution in [-0.4, -0.2) is 32.8 Å². The minimum Gasteiger partial charge on any atom is -0.299 e. The average molecular weight is 295 g/mol. The van der Waals surface area contributed by atoms with Crippen molar-refractivity contribution >= 4 is 11.6 Å². The van der Waals surface area contributed by atoms with Crippen LogP contribution in [0.2, 0.25) is 5.02 Å². The second-order valence-electron chi connectivity index (χ2n) is 5.13. The molecule has 0 atom stereocenters. The Balaban J connectivity index is 1.57. The van der Waals surface area contributed by atoms with E-state index in [9.17, 15) is 4.39 Å². The summed E-state index contributed by atoms with van der Waals surface area (Å²) in [6.45, 7) is 2.72. The van der Waals surface area contributed by atoms with Crippen molar-refractivity contribution in [2.45, 2.75) is 25.4 Å². The number of halogens is 2. The average Bonchev–Trinajstić information content (AvgIpc) is 2.98. The van der Waals surface area contributed by atoms with Gasteiger partial charge in [-0.1, -0.05) is 17.7 Å². The molecule has 0 radical (unpaired) electrons. The summed E-state index contributed by atoms with van der Waals surface area (Å²) >= 11 is 5.70. The Hall–Kier alpha value is -1.46. The molecule has 1 aromatic carbocycles. The van der Waals surface area contributed by atoms with Gasteiger partial charge in [0.15, 0.2) is 0 Å². The maximum Gasteiger partial charge on any atom is 0.142 e. The number of rotatable bonds is 3. The van der Waals surface area contributed by atoms with Crippen LogP contribution in [0.3, 0.4) is 0 Å². The molecule has 0 N–H and O–H groups in total. The van der Waals surface area contributed by atoms with Crippen LogP contribution < -0.4 is 0 Å². The van der Waals surface area contributed by atoms with Crippen molar-refractivity contribution in [3.63, 3.8) is 0 Å². The predicted molar refractivity (Wildman–Crippen MR) is 75.0 cm³/mol. The molecule has 6 heteroatoms. The van der Waals surface area contributed by atoms with Gasteiger partial charge >= 0.3 is 0 Å². The number of hydrogen-bond acceptors (Lipinski definition) is 3. The van der Waals surface area contributed by atoms with Crippen molar-refractivity contribution in [3.05, 3.63) is 47.3 Å². The lowest BCUT2D eigenvalue weighted by Crippen LogP contribution is -2.34. The van der Waals surface area contributed by atoms with Crippen LogP contribution in [0, 0.1) is 5.82 Å². The molecule has 1 aromatic heterocycles. The van der Waals surface area contributed by atoms with Crippen molar-refractivity contribution in [3.8, 4) is 0 Å². The molecule has 1 aliphatic heterocycles. The number of piperidine rings is 1. The predicted octanol–water partition coefficient (Wildman–Crippen LogP) is 2.91. The lowest BCUT2D eigenvalue weighted by molar-refractivity contribution is 0.173. The molecule has 4 nitrogen and oxygen atoms in total. The molecule has 1 saturated heterocycles. The Morgan fingerprint density at radius 2 is 2.10 bits per heavy atom. The smallest absolute Gasteiger partial charge is 0.142 e. The number of nitrogens with zero attached hydrogens (tertiary/aromatic N) is 4. The van der Waals surface area contributed by atoms with Gasteiger partial charge in [0, 0.05) is 19.6 Å². The van der Waals surface area contributed by atoms with Gasteiger partial charge in [-0.3, -0.25) is 4.90 Å². The van der Waals surface area contributed by atoms with E-state index in [0.29, 0.717) is 6.04 Å². The Labute approximate surface area is 122 Å². The van der Waals surface area contributed by atoms with E-state index in [0.717, 1.165) is 38.0 Å². The first-order valence-electron chi connectivity index (χ1n) is 6.73. The van der Waals surface area contributed by atoms with Gasteiger partial charge in [-0.15, -0.1) is 0 Å². The largest absolute Gasteiger partial charge is 0.299 e. The fourth-order valence-corrected chi connectivity index (χ4v) is 2.76. The van der Waals surface area contributed by atoms with Crippen LogP contribution >= 0.6 is 11.6 Å². The highest BCUT2D eigenvalue weighted by molar-refractivity contribution is 6.30. The minimum absolute atomic E-state index is 0.179. The molecular weight excluding hydrogens is 279 g/mol. The van der Waals surface area contributed by atoms with Crippen LogP contribution in [0.4, 0.5) is 4.39 Å². The summed E-state index contributed by atoms with van der Waals surface area (Å²) in [5, 5.41) is 4.37. The molecule has 0 saturated carbocycles. The zero-order valence-corrected chi connectivity index (χ0v) is 11.8. The van der Waals surface area contributed by atoms with E-state index in [4.69, 9.17) is 11.6 Å². The van der Waals surface area contributed by atoms with E-state index < -0.39 is 0 Å². The maximum absolute atomic E-state index is 13.4. The van der Waals surface area contributed by atoms with Crippen LogP contribution in [0.25, 0.3) is 0 Å². The second-order valence-corrected chi connectivity index (χ2v) is 5.54. The van der Waals surface area contributed by atoms with Crippen molar-refractivity contribution in [2.75, 3.05) is 13.1 Å². The summed E-state index contributed by atoms with van der Waals surface area (Å²) < 4.78 is 15.3. The first-order chi connectivity index (χ1) is 9.72. The summed E-state index contributed by atoms with van der Waals surface area (Å²) in [6, 6.07) is 5.45. The SMILES string of the molecule is Fc1cc(CN2CCC(n3cncn3)CC2)ccc1Cl. The molecule has 3 rings (SSSR count). The molecule has 1 fully saturated rings. The van der Waals surface area contributed by atoms with Gasteiger partial charge in [0.25, 0.3) is 0 Å². The third kappa shape index (κ3) is 2.99. The summed E-state index contributed by atoms with van der Waals surface area (Å²) in [5.41, 5.74) is 0.964. The van der Waals surface area contributed by atoms with Gasteiger partial charge in [0.05, 0.1) is 11.1 Å². The number of hydrogen-bond donors (Lipinski definition) is 0. The van der Waals surface area contributed by atoms with Gasteiger partial charge < -0.3 is 0 Å². The third-order valence-corrected chi connectivity index (χ3v) is 4.06. The van der Waals surface area contributed by atoms with E-state index in [1.165, 1.54) is 6.07 Å². The lowest BCUT2D eigenvalue weighted by atomic mass is 10.0. The molecule has 106 valence electrons. The number of likely N-dealkylation sites (tertiary alicyclic amines) is 1. The Morgan fingerprint density at radius 1 is 1.30 bits per heavy atom. The fraction of sp³-hybridized carbons (Fsp3) is 0.429. The summed E-state index contributed by atoms with van der Waals surface area (Å²) in [6.07, 6.45) is 5.43. The third-order valence-electron chi connectivity index (χ3n) is 3.76. The molecule has 1 aliphatic rings. The lowest BCUT2D eigenvalue weighted by Gasteiger charge is -2.31. The molecule has 0 spiro atoms. The maximum atomic E-state index is 13.4. The Morgan fingerprint density at radius 3 is 2.75 bits per heavy atom. The van der Waals surface area contributed by atoms with Gasteiger partial charge in [0.1, 0.15) is 18.5 Å². The van der Waals surface area contributed by atoms with E-state index in [1.54, 1.807) is 18.7 Å². The van der Waals surface area contributed by atoms with Crippen LogP contribution in [0.1, 0.15) is 24.4 Å². The first kappa shape index (κ1) is 13.5. The Bertz CT molecular complexity index is 565. The monoisotopic (exact) mass is 294 g/mol. The second kappa shape index (κ2) is 5.89. The van der Waals surface area contributed by atoms with Gasteiger partial charge in [0.2, 0.25) is 0 Å². The van der Waals surface area contributed by atoms with Gasteiger partial charge in [-0.25, -0.2) is 14.1 Å². The van der Waals surface area contributed by atoms with Crippen LogP contribution in [-0.2, 0) is 6.54 Å². The molecule has 20 heavy (non-hydrogen) atoms. The molecule has 0 bridgehead atoms. The van der Waals surface area contributed by atoms with E-state index in [1.807, 2.05) is 10.7 Å². The molecule has 2 aromatic rings. The van der Waals surface area contributed by atoms with Crippen LogP contribution in [0.15, 0.2) is 30.9 Å². The number of benzene rings is 1. The minimum atomic E-state index is -0.346. The van der Waals surface area contributed by atoms with E-state index >= 15 is 0 Å².